The van der Waals surface area contributed by atoms with Crippen molar-refractivity contribution in [1.29, 1.82) is 0 Å². The SMILES string of the molecule is CCCCCCCCCCCCCCCCC/C=C/CC/C=C/C(O)C(COP(=O)([O-])OCC[N+](C)(C)C)NC(=O)CCCCCCCCCCCCCCCCCCCCCCCCCCCCCCCCCCCC. The average molecular weight is 1110 g/mol. The van der Waals surface area contributed by atoms with Gasteiger partial charge in [0.15, 0.2) is 0 Å². The molecule has 9 heteroatoms. The van der Waals surface area contributed by atoms with E-state index in [0.717, 1.165) is 38.5 Å². The number of hydrogen-bond acceptors (Lipinski definition) is 6. The molecule has 0 saturated heterocycles. The van der Waals surface area contributed by atoms with Crippen molar-refractivity contribution in [3.63, 3.8) is 0 Å². The van der Waals surface area contributed by atoms with Crippen molar-refractivity contribution in [1.82, 2.24) is 5.32 Å². The summed E-state index contributed by atoms with van der Waals surface area (Å²) in [5.41, 5.74) is 0. The van der Waals surface area contributed by atoms with Gasteiger partial charge in [0.1, 0.15) is 13.2 Å². The van der Waals surface area contributed by atoms with Gasteiger partial charge in [0.2, 0.25) is 5.91 Å². The molecule has 0 spiro atoms. The number of phosphoric acid groups is 1. The number of nitrogens with zero attached hydrogens (tertiary/aromatic N) is 1. The molecule has 1 amide bonds. The summed E-state index contributed by atoms with van der Waals surface area (Å²) in [4.78, 5) is 25.6. The topological polar surface area (TPSA) is 108 Å². The van der Waals surface area contributed by atoms with Crippen molar-refractivity contribution in [3.05, 3.63) is 24.3 Å². The number of hydrogen-bond donors (Lipinski definition) is 2. The van der Waals surface area contributed by atoms with Crippen LogP contribution in [0.4, 0.5) is 0 Å². The van der Waals surface area contributed by atoms with E-state index in [4.69, 9.17) is 9.05 Å². The minimum absolute atomic E-state index is 0.00351. The quantitative estimate of drug-likeness (QED) is 0.0272. The van der Waals surface area contributed by atoms with Gasteiger partial charge in [-0.1, -0.05) is 340 Å². The normalized spacial score (nSPS) is 13.8. The highest BCUT2D eigenvalue weighted by atomic mass is 31.2. The first-order valence-electron chi connectivity index (χ1n) is 34.2. The summed E-state index contributed by atoms with van der Waals surface area (Å²) < 4.78 is 23.4. The summed E-state index contributed by atoms with van der Waals surface area (Å²) in [7, 11) is 1.26. The smallest absolute Gasteiger partial charge is 0.268 e. The number of aliphatic hydroxyl groups is 1. The van der Waals surface area contributed by atoms with Crippen LogP contribution in [-0.2, 0) is 18.4 Å². The van der Waals surface area contributed by atoms with E-state index in [2.05, 4.69) is 31.3 Å². The number of unbranched alkanes of at least 4 members (excludes halogenated alkanes) is 49. The fraction of sp³-hybridized carbons (Fsp3) is 0.926. The Labute approximate surface area is 481 Å². The van der Waals surface area contributed by atoms with Crippen molar-refractivity contribution >= 4 is 13.7 Å². The maximum Gasteiger partial charge on any atom is 0.268 e. The Kier molecular flexibility index (Phi) is 58.8. The fourth-order valence-corrected chi connectivity index (χ4v) is 11.3. The molecule has 2 N–H and O–H groups in total. The minimum Gasteiger partial charge on any atom is -0.756 e. The number of phosphoric ester groups is 1. The van der Waals surface area contributed by atoms with E-state index in [-0.39, 0.29) is 19.1 Å². The maximum absolute atomic E-state index is 13.0. The zero-order chi connectivity index (χ0) is 56.3. The Morgan fingerprint density at radius 3 is 1.05 bits per heavy atom. The number of quaternary nitrogens is 1. The molecule has 0 aromatic carbocycles. The van der Waals surface area contributed by atoms with E-state index in [1.807, 2.05) is 27.2 Å². The van der Waals surface area contributed by atoms with Crippen molar-refractivity contribution in [3.8, 4) is 0 Å². The first-order valence-corrected chi connectivity index (χ1v) is 35.7. The maximum atomic E-state index is 13.0. The Bertz CT molecular complexity index is 1300. The van der Waals surface area contributed by atoms with Crippen molar-refractivity contribution in [2.75, 3.05) is 40.9 Å². The Hall–Kier alpha value is -1.02. The van der Waals surface area contributed by atoms with Gasteiger partial charge in [-0.15, -0.1) is 0 Å². The lowest BCUT2D eigenvalue weighted by atomic mass is 10.0. The van der Waals surface area contributed by atoms with Gasteiger partial charge in [-0.2, -0.15) is 0 Å². The van der Waals surface area contributed by atoms with E-state index >= 15 is 0 Å². The molecule has 0 aliphatic carbocycles. The van der Waals surface area contributed by atoms with E-state index in [1.165, 1.54) is 295 Å². The molecule has 3 atom stereocenters. The molecule has 0 fully saturated rings. The van der Waals surface area contributed by atoms with Crippen LogP contribution in [-0.4, -0.2) is 68.5 Å². The van der Waals surface area contributed by atoms with Crippen LogP contribution < -0.4 is 10.2 Å². The van der Waals surface area contributed by atoms with Crippen LogP contribution in [0, 0.1) is 0 Å². The lowest BCUT2D eigenvalue weighted by Gasteiger charge is -2.29. The lowest BCUT2D eigenvalue weighted by Crippen LogP contribution is -2.45. The summed E-state index contributed by atoms with van der Waals surface area (Å²) in [5.74, 6) is -0.199. The highest BCUT2D eigenvalue weighted by molar-refractivity contribution is 7.45. The highest BCUT2D eigenvalue weighted by Gasteiger charge is 2.23. The fourth-order valence-electron chi connectivity index (χ4n) is 10.6. The second-order valence-electron chi connectivity index (χ2n) is 24.9. The summed E-state index contributed by atoms with van der Waals surface area (Å²) in [6, 6.07) is -0.901. The minimum atomic E-state index is -4.61. The Morgan fingerprint density at radius 2 is 0.727 bits per heavy atom. The largest absolute Gasteiger partial charge is 0.756 e. The molecular formula is C68H135N2O6P. The van der Waals surface area contributed by atoms with Gasteiger partial charge >= 0.3 is 0 Å². The second kappa shape index (κ2) is 59.6. The zero-order valence-electron chi connectivity index (χ0n) is 52.4. The van der Waals surface area contributed by atoms with Gasteiger partial charge in [-0.3, -0.25) is 9.36 Å². The summed E-state index contributed by atoms with van der Waals surface area (Å²) >= 11 is 0. The molecule has 0 aliphatic heterocycles. The number of likely N-dealkylation sites (N-methyl/N-ethyl adjacent to an activating group) is 1. The van der Waals surface area contributed by atoms with Crippen LogP contribution in [0.2, 0.25) is 0 Å². The van der Waals surface area contributed by atoms with E-state index < -0.39 is 20.0 Å². The van der Waals surface area contributed by atoms with Crippen LogP contribution in [0.1, 0.15) is 354 Å². The van der Waals surface area contributed by atoms with Gasteiger partial charge in [-0.05, 0) is 32.1 Å². The Balaban J connectivity index is 4.01. The lowest BCUT2D eigenvalue weighted by molar-refractivity contribution is -0.870. The molecule has 8 nitrogen and oxygen atoms in total. The van der Waals surface area contributed by atoms with Crippen molar-refractivity contribution in [2.45, 2.75) is 366 Å². The van der Waals surface area contributed by atoms with E-state index in [9.17, 15) is 19.4 Å². The van der Waals surface area contributed by atoms with E-state index in [0.29, 0.717) is 17.4 Å². The highest BCUT2D eigenvalue weighted by Crippen LogP contribution is 2.38. The molecule has 3 unspecified atom stereocenters. The zero-order valence-corrected chi connectivity index (χ0v) is 53.3. The van der Waals surface area contributed by atoms with Gasteiger partial charge in [0.05, 0.1) is 39.9 Å². The average Bonchev–Trinajstić information content (AvgIpc) is 3.39. The molecule has 77 heavy (non-hydrogen) atoms. The van der Waals surface area contributed by atoms with Crippen LogP contribution >= 0.6 is 7.82 Å². The predicted molar refractivity (Wildman–Crippen MR) is 335 cm³/mol. The molecular weight excluding hydrogens is 972 g/mol. The third kappa shape index (κ3) is 62.4. The number of carbonyl (C=O) groups excluding carboxylic acids is 1. The molecule has 458 valence electrons. The molecule has 0 radical (unpaired) electrons. The number of nitrogens with one attached hydrogen (secondary N) is 1. The molecule has 0 aliphatic rings. The van der Waals surface area contributed by atoms with Gasteiger partial charge in [-0.25, -0.2) is 0 Å². The third-order valence-corrected chi connectivity index (χ3v) is 16.9. The molecule has 0 rings (SSSR count). The van der Waals surface area contributed by atoms with Gasteiger partial charge < -0.3 is 28.8 Å². The summed E-state index contributed by atoms with van der Waals surface area (Å²) in [6.45, 7) is 4.69. The first-order chi connectivity index (χ1) is 37.5. The number of carbonyl (C=O) groups is 1. The standard InChI is InChI=1S/C68H135N2O6P/c1-6-8-10-12-14-16-18-20-22-24-26-28-29-30-31-32-33-34-35-36-37-38-39-40-42-44-46-48-50-52-54-56-58-60-62-68(72)69-66(65-76-77(73,74)75-64-63-70(3,4)5)67(71)61-59-57-55-53-51-49-47-45-43-41-27-25-23-21-19-17-15-13-11-9-7-2/h51,53,59,61,66-67,71H,6-50,52,54-58,60,62-65H2,1-5H3,(H-,69,72,73,74)/b53-51+,61-59+. The third-order valence-electron chi connectivity index (χ3n) is 15.9. The van der Waals surface area contributed by atoms with Crippen molar-refractivity contribution in [2.24, 2.45) is 0 Å². The monoisotopic (exact) mass is 1110 g/mol. The molecule has 0 aromatic rings. The van der Waals surface area contributed by atoms with Gasteiger partial charge in [0, 0.05) is 6.42 Å². The Morgan fingerprint density at radius 1 is 0.442 bits per heavy atom. The first kappa shape index (κ1) is 76.0. The summed E-state index contributed by atoms with van der Waals surface area (Å²) in [6.07, 6.45) is 77.4. The number of aliphatic hydroxyl groups excluding tert-OH is 1. The van der Waals surface area contributed by atoms with Gasteiger partial charge in [0.25, 0.3) is 7.82 Å². The molecule has 0 aromatic heterocycles. The van der Waals surface area contributed by atoms with Crippen LogP contribution in [0.5, 0.6) is 0 Å². The van der Waals surface area contributed by atoms with Crippen molar-refractivity contribution < 1.29 is 32.9 Å². The summed E-state index contributed by atoms with van der Waals surface area (Å²) in [5, 5.41) is 13.9. The second-order valence-corrected chi connectivity index (χ2v) is 26.3. The van der Waals surface area contributed by atoms with Crippen LogP contribution in [0.3, 0.4) is 0 Å². The molecule has 0 saturated carbocycles. The number of amides is 1. The molecule has 0 bridgehead atoms. The van der Waals surface area contributed by atoms with Crippen LogP contribution in [0.25, 0.3) is 0 Å². The number of rotatable bonds is 64. The van der Waals surface area contributed by atoms with E-state index in [1.54, 1.807) is 6.08 Å². The number of allylic oxidation sites excluding steroid dienone is 3. The van der Waals surface area contributed by atoms with Crippen LogP contribution in [0.15, 0.2) is 24.3 Å². The predicted octanol–water partition coefficient (Wildman–Crippen LogP) is 20.9. The molecule has 0 heterocycles.